The van der Waals surface area contributed by atoms with Gasteiger partial charge in [0.1, 0.15) is 23.3 Å². The Kier molecular flexibility index (Phi) is 6.03. The third kappa shape index (κ3) is 3.97. The fourth-order valence-electron chi connectivity index (χ4n) is 2.35. The lowest BCUT2D eigenvalue weighted by atomic mass is 10.1. The minimum Gasteiger partial charge on any atom is -0.496 e. The quantitative estimate of drug-likeness (QED) is 0.812. The highest BCUT2D eigenvalue weighted by Gasteiger charge is 2.18. The van der Waals surface area contributed by atoms with Crippen LogP contribution in [0.1, 0.15) is 17.2 Å². The van der Waals surface area contributed by atoms with Crippen molar-refractivity contribution in [3.63, 3.8) is 0 Å². The molecule has 0 heterocycles. The molecule has 0 aliphatic rings. The highest BCUT2D eigenvalue weighted by molar-refractivity contribution is 5.83. The molecule has 128 valence electrons. The van der Waals surface area contributed by atoms with E-state index in [0.29, 0.717) is 17.2 Å². The number of carbonyl (C=O) groups is 1. The minimum absolute atomic E-state index is 0.232. The summed E-state index contributed by atoms with van der Waals surface area (Å²) in [5.74, 6) is 1.47. The first-order chi connectivity index (χ1) is 11.6. The molecule has 0 bridgehead atoms. The second-order valence-corrected chi connectivity index (χ2v) is 5.12. The zero-order chi connectivity index (χ0) is 17.5. The van der Waals surface area contributed by atoms with Crippen molar-refractivity contribution in [1.29, 1.82) is 0 Å². The molecule has 2 aromatic rings. The van der Waals surface area contributed by atoms with Gasteiger partial charge in [0, 0.05) is 12.1 Å². The van der Waals surface area contributed by atoms with Crippen LogP contribution in [-0.4, -0.2) is 27.2 Å². The number of hydrogen-bond donors (Lipinski definition) is 2. The molecule has 0 aliphatic heterocycles. The number of hydrogen-bond acceptors (Lipinski definition) is 5. The Balaban J connectivity index is 2.15. The maximum Gasteiger partial charge on any atom is 0.241 e. The Bertz CT molecular complexity index is 664. The molecule has 0 spiro atoms. The van der Waals surface area contributed by atoms with Crippen LogP contribution < -0.4 is 25.3 Å². The molecule has 6 heteroatoms. The summed E-state index contributed by atoms with van der Waals surface area (Å²) < 4.78 is 15.9. The SMILES string of the molecule is COc1cc(OC)c(CNC(=O)C(N)c2ccccc2)c(OC)c1. The number of nitrogens with two attached hydrogens (primary N) is 1. The molecule has 0 saturated heterocycles. The lowest BCUT2D eigenvalue weighted by molar-refractivity contribution is -0.122. The van der Waals surface area contributed by atoms with Crippen molar-refractivity contribution in [2.45, 2.75) is 12.6 Å². The van der Waals surface area contributed by atoms with E-state index in [0.717, 1.165) is 11.1 Å². The number of amides is 1. The molecule has 1 atom stereocenters. The fourth-order valence-corrected chi connectivity index (χ4v) is 2.35. The summed E-state index contributed by atoms with van der Waals surface area (Å²) in [5, 5.41) is 2.82. The summed E-state index contributed by atoms with van der Waals surface area (Å²) in [6, 6.07) is 11.9. The van der Waals surface area contributed by atoms with E-state index in [1.54, 1.807) is 33.5 Å². The van der Waals surface area contributed by atoms with Crippen LogP contribution in [0, 0.1) is 0 Å². The first-order valence-corrected chi connectivity index (χ1v) is 7.47. The monoisotopic (exact) mass is 330 g/mol. The number of nitrogens with one attached hydrogen (secondary N) is 1. The first-order valence-electron chi connectivity index (χ1n) is 7.47. The van der Waals surface area contributed by atoms with Crippen LogP contribution in [0.3, 0.4) is 0 Å². The molecule has 3 N–H and O–H groups in total. The van der Waals surface area contributed by atoms with E-state index in [1.807, 2.05) is 30.3 Å². The molecule has 0 fully saturated rings. The number of benzene rings is 2. The van der Waals surface area contributed by atoms with Crippen molar-refractivity contribution in [2.24, 2.45) is 5.73 Å². The van der Waals surface area contributed by atoms with Gasteiger partial charge in [-0.05, 0) is 5.56 Å². The van der Waals surface area contributed by atoms with Gasteiger partial charge < -0.3 is 25.3 Å². The summed E-state index contributed by atoms with van der Waals surface area (Å²) in [6.45, 7) is 0.232. The summed E-state index contributed by atoms with van der Waals surface area (Å²) in [5.41, 5.74) is 7.47. The molecule has 24 heavy (non-hydrogen) atoms. The van der Waals surface area contributed by atoms with Crippen molar-refractivity contribution in [3.8, 4) is 17.2 Å². The summed E-state index contributed by atoms with van der Waals surface area (Å²) in [4.78, 5) is 12.3. The van der Waals surface area contributed by atoms with E-state index in [-0.39, 0.29) is 12.5 Å². The number of carbonyl (C=O) groups excluding carboxylic acids is 1. The van der Waals surface area contributed by atoms with Gasteiger partial charge in [0.15, 0.2) is 0 Å². The molecule has 2 rings (SSSR count). The van der Waals surface area contributed by atoms with Crippen LogP contribution in [0.4, 0.5) is 0 Å². The van der Waals surface area contributed by atoms with Crippen LogP contribution in [0.25, 0.3) is 0 Å². The Morgan fingerprint density at radius 1 is 1.04 bits per heavy atom. The van der Waals surface area contributed by atoms with Crippen molar-refractivity contribution >= 4 is 5.91 Å². The zero-order valence-corrected chi connectivity index (χ0v) is 14.0. The number of rotatable bonds is 7. The molecule has 2 aromatic carbocycles. The maximum atomic E-state index is 12.3. The molecule has 6 nitrogen and oxygen atoms in total. The van der Waals surface area contributed by atoms with E-state index in [4.69, 9.17) is 19.9 Å². The molecule has 0 saturated carbocycles. The van der Waals surface area contributed by atoms with Gasteiger partial charge in [0.2, 0.25) is 5.91 Å². The molecular weight excluding hydrogens is 308 g/mol. The zero-order valence-electron chi connectivity index (χ0n) is 14.0. The lowest BCUT2D eigenvalue weighted by Gasteiger charge is -2.17. The predicted octanol–water partition coefficient (Wildman–Crippen LogP) is 2.03. The normalized spacial score (nSPS) is 11.5. The standard InChI is InChI=1S/C18H22N2O4/c1-22-13-9-15(23-2)14(16(10-13)24-3)11-20-18(21)17(19)12-7-5-4-6-8-12/h4-10,17H,11,19H2,1-3H3,(H,20,21). The van der Waals surface area contributed by atoms with Crippen molar-refractivity contribution in [1.82, 2.24) is 5.32 Å². The predicted molar refractivity (Wildman–Crippen MR) is 91.3 cm³/mol. The average molecular weight is 330 g/mol. The molecule has 1 unspecified atom stereocenters. The smallest absolute Gasteiger partial charge is 0.241 e. The van der Waals surface area contributed by atoms with E-state index in [2.05, 4.69) is 5.32 Å². The summed E-state index contributed by atoms with van der Waals surface area (Å²) >= 11 is 0. The van der Waals surface area contributed by atoms with Gasteiger partial charge in [-0.25, -0.2) is 0 Å². The maximum absolute atomic E-state index is 12.3. The van der Waals surface area contributed by atoms with Crippen molar-refractivity contribution < 1.29 is 19.0 Å². The van der Waals surface area contributed by atoms with E-state index >= 15 is 0 Å². The van der Waals surface area contributed by atoms with E-state index < -0.39 is 6.04 Å². The number of ether oxygens (including phenoxy) is 3. The Hall–Kier alpha value is -2.73. The molecular formula is C18H22N2O4. The Morgan fingerprint density at radius 3 is 2.12 bits per heavy atom. The largest absolute Gasteiger partial charge is 0.496 e. The van der Waals surface area contributed by atoms with Crippen molar-refractivity contribution in [2.75, 3.05) is 21.3 Å². The van der Waals surface area contributed by atoms with Crippen LogP contribution in [0.2, 0.25) is 0 Å². The summed E-state index contributed by atoms with van der Waals surface area (Å²) in [7, 11) is 4.67. The van der Waals surface area contributed by atoms with Gasteiger partial charge in [-0.3, -0.25) is 4.79 Å². The second kappa shape index (κ2) is 8.21. The van der Waals surface area contributed by atoms with Gasteiger partial charge in [0.05, 0.1) is 33.4 Å². The van der Waals surface area contributed by atoms with Crippen LogP contribution in [0.15, 0.2) is 42.5 Å². The van der Waals surface area contributed by atoms with E-state index in [1.165, 1.54) is 0 Å². The third-order valence-corrected chi connectivity index (χ3v) is 3.70. The molecule has 0 aliphatic carbocycles. The lowest BCUT2D eigenvalue weighted by Crippen LogP contribution is -2.33. The Morgan fingerprint density at radius 2 is 1.62 bits per heavy atom. The van der Waals surface area contributed by atoms with Gasteiger partial charge in [-0.15, -0.1) is 0 Å². The fraction of sp³-hybridized carbons (Fsp3) is 0.278. The second-order valence-electron chi connectivity index (χ2n) is 5.12. The van der Waals surface area contributed by atoms with Crippen LogP contribution in [0.5, 0.6) is 17.2 Å². The van der Waals surface area contributed by atoms with Crippen LogP contribution >= 0.6 is 0 Å². The topological polar surface area (TPSA) is 82.8 Å². The Labute approximate surface area is 141 Å². The van der Waals surface area contributed by atoms with E-state index in [9.17, 15) is 4.79 Å². The summed E-state index contributed by atoms with van der Waals surface area (Å²) in [6.07, 6.45) is 0. The van der Waals surface area contributed by atoms with Crippen molar-refractivity contribution in [3.05, 3.63) is 53.6 Å². The van der Waals surface area contributed by atoms with Gasteiger partial charge in [0.25, 0.3) is 0 Å². The van der Waals surface area contributed by atoms with Gasteiger partial charge >= 0.3 is 0 Å². The number of methoxy groups -OCH3 is 3. The first kappa shape index (κ1) is 17.6. The average Bonchev–Trinajstić information content (AvgIpc) is 2.65. The minimum atomic E-state index is -0.735. The highest BCUT2D eigenvalue weighted by Crippen LogP contribution is 2.33. The third-order valence-electron chi connectivity index (χ3n) is 3.70. The van der Waals surface area contributed by atoms with Gasteiger partial charge in [-0.1, -0.05) is 30.3 Å². The highest BCUT2D eigenvalue weighted by atomic mass is 16.5. The van der Waals surface area contributed by atoms with Crippen LogP contribution in [-0.2, 0) is 11.3 Å². The molecule has 0 radical (unpaired) electrons. The van der Waals surface area contributed by atoms with Gasteiger partial charge in [-0.2, -0.15) is 0 Å². The molecule has 1 amide bonds. The molecule has 0 aromatic heterocycles.